The third kappa shape index (κ3) is 4.37. The Morgan fingerprint density at radius 1 is 1.11 bits per heavy atom. The molecule has 2 atom stereocenters. The monoisotopic (exact) mass is 527 g/mol. The van der Waals surface area contributed by atoms with Gasteiger partial charge in [0, 0.05) is 18.3 Å². The second-order valence-electron chi connectivity index (χ2n) is 10.0. The van der Waals surface area contributed by atoms with Gasteiger partial charge in [0.25, 0.3) is 5.91 Å². The van der Waals surface area contributed by atoms with Crippen molar-refractivity contribution < 1.29 is 14.3 Å². The predicted octanol–water partition coefficient (Wildman–Crippen LogP) is 6.29. The summed E-state index contributed by atoms with van der Waals surface area (Å²) in [6.07, 6.45) is 4.61. The van der Waals surface area contributed by atoms with E-state index >= 15 is 0 Å². The first-order valence-corrected chi connectivity index (χ1v) is 13.5. The van der Waals surface area contributed by atoms with Crippen molar-refractivity contribution in [2.24, 2.45) is 0 Å². The van der Waals surface area contributed by atoms with Crippen molar-refractivity contribution in [1.82, 2.24) is 15.2 Å². The van der Waals surface area contributed by atoms with Crippen LogP contribution in [0.2, 0.25) is 0 Å². The molecule has 2 aromatic heterocycles. The van der Waals surface area contributed by atoms with Gasteiger partial charge in [-0.25, -0.2) is 9.78 Å². The number of nitrogens with zero attached hydrogens (tertiary/aromatic N) is 3. The summed E-state index contributed by atoms with van der Waals surface area (Å²) in [5, 5.41) is 6.96. The van der Waals surface area contributed by atoms with Crippen LogP contribution in [0.3, 0.4) is 0 Å². The number of hydrogen-bond acceptors (Lipinski definition) is 6. The number of hydrogen-bond donors (Lipinski definition) is 2. The van der Waals surface area contributed by atoms with Gasteiger partial charge in [0.1, 0.15) is 21.2 Å². The number of carbonyl (C=O) groups is 2. The van der Waals surface area contributed by atoms with Crippen LogP contribution in [0.15, 0.2) is 60.8 Å². The third-order valence-electron chi connectivity index (χ3n) is 7.31. The van der Waals surface area contributed by atoms with Crippen LogP contribution in [-0.2, 0) is 0 Å². The summed E-state index contributed by atoms with van der Waals surface area (Å²) in [6.45, 7) is 1.95. The molecule has 2 aliphatic rings. The van der Waals surface area contributed by atoms with E-state index in [4.69, 9.17) is 4.74 Å². The Labute approximate surface area is 225 Å². The minimum Gasteiger partial charge on any atom is -0.457 e. The molecule has 0 bridgehead atoms. The molecule has 6 rings (SSSR count). The molecule has 1 saturated carbocycles. The lowest BCUT2D eigenvalue weighted by Gasteiger charge is -2.29. The quantitative estimate of drug-likeness (QED) is 0.308. The summed E-state index contributed by atoms with van der Waals surface area (Å²) in [5.41, 5.74) is 2.86. The molecular weight excluding hydrogens is 498 g/mol. The lowest BCUT2D eigenvalue weighted by Crippen LogP contribution is -2.37. The van der Waals surface area contributed by atoms with Crippen LogP contribution in [0.25, 0.3) is 10.2 Å². The molecule has 1 fully saturated rings. The zero-order valence-electron chi connectivity index (χ0n) is 21.5. The number of pyridine rings is 1. The number of para-hydroxylation sites is 1. The highest BCUT2D eigenvalue weighted by molar-refractivity contribution is 7.21. The average molecular weight is 528 g/mol. The molecule has 2 N–H and O–H groups in total. The third-order valence-corrected chi connectivity index (χ3v) is 8.41. The number of ether oxygens (including phenoxy) is 1. The number of anilines is 3. The van der Waals surface area contributed by atoms with Crippen molar-refractivity contribution in [3.8, 4) is 11.5 Å². The summed E-state index contributed by atoms with van der Waals surface area (Å²) >= 11 is 1.31. The Balaban J connectivity index is 1.31. The normalized spacial score (nSPS) is 18.6. The zero-order valence-corrected chi connectivity index (χ0v) is 22.3. The van der Waals surface area contributed by atoms with E-state index < -0.39 is 0 Å². The van der Waals surface area contributed by atoms with Gasteiger partial charge in [-0.1, -0.05) is 18.2 Å². The fourth-order valence-electron chi connectivity index (χ4n) is 5.36. The first-order chi connectivity index (χ1) is 18.4. The van der Waals surface area contributed by atoms with Crippen molar-refractivity contribution in [2.45, 2.75) is 38.3 Å². The van der Waals surface area contributed by atoms with Crippen molar-refractivity contribution in [2.75, 3.05) is 24.3 Å². The summed E-state index contributed by atoms with van der Waals surface area (Å²) in [5.74, 6) is 1.27. The number of rotatable bonds is 6. The molecule has 2 aromatic carbocycles. The van der Waals surface area contributed by atoms with Crippen molar-refractivity contribution in [3.05, 3.63) is 71.2 Å². The van der Waals surface area contributed by atoms with E-state index in [2.05, 4.69) is 34.6 Å². The summed E-state index contributed by atoms with van der Waals surface area (Å²) in [7, 11) is 4.15. The molecule has 8 nitrogen and oxygen atoms in total. The van der Waals surface area contributed by atoms with Crippen molar-refractivity contribution in [3.63, 3.8) is 0 Å². The minimum absolute atomic E-state index is 0.120. The van der Waals surface area contributed by atoms with E-state index in [0.717, 1.165) is 41.6 Å². The Hall–Kier alpha value is -3.95. The Morgan fingerprint density at radius 2 is 1.92 bits per heavy atom. The summed E-state index contributed by atoms with van der Waals surface area (Å²) in [4.78, 5) is 36.4. The van der Waals surface area contributed by atoms with Gasteiger partial charge in [0.05, 0.1) is 22.4 Å². The van der Waals surface area contributed by atoms with E-state index in [-0.39, 0.29) is 18.0 Å². The second-order valence-corrected chi connectivity index (χ2v) is 11.0. The highest BCUT2D eigenvalue weighted by Gasteiger charge is 2.34. The average Bonchev–Trinajstić information content (AvgIpc) is 3.52. The van der Waals surface area contributed by atoms with Gasteiger partial charge in [-0.15, -0.1) is 11.3 Å². The number of amides is 3. The van der Waals surface area contributed by atoms with Gasteiger partial charge >= 0.3 is 6.03 Å². The van der Waals surface area contributed by atoms with Gasteiger partial charge < -0.3 is 20.3 Å². The second kappa shape index (κ2) is 9.74. The maximum atomic E-state index is 13.5. The lowest BCUT2D eigenvalue weighted by molar-refractivity contribution is 0.0941. The Bertz CT molecular complexity index is 1530. The predicted molar refractivity (Wildman–Crippen MR) is 151 cm³/mol. The van der Waals surface area contributed by atoms with Gasteiger partial charge in [-0.05, 0) is 82.2 Å². The van der Waals surface area contributed by atoms with Crippen LogP contribution in [0, 0.1) is 6.92 Å². The largest absolute Gasteiger partial charge is 0.457 e. The Kier molecular flexibility index (Phi) is 6.25. The minimum atomic E-state index is -0.314. The molecule has 194 valence electrons. The van der Waals surface area contributed by atoms with Crippen LogP contribution >= 0.6 is 11.3 Å². The maximum absolute atomic E-state index is 13.5. The molecule has 3 heterocycles. The van der Waals surface area contributed by atoms with Crippen LogP contribution in [-0.4, -0.2) is 48.0 Å². The first-order valence-electron chi connectivity index (χ1n) is 12.7. The Morgan fingerprint density at radius 3 is 2.66 bits per heavy atom. The van der Waals surface area contributed by atoms with Gasteiger partial charge in [-0.2, -0.15) is 0 Å². The molecule has 38 heavy (non-hydrogen) atoms. The van der Waals surface area contributed by atoms with E-state index in [9.17, 15) is 9.59 Å². The molecule has 3 amide bonds. The van der Waals surface area contributed by atoms with Gasteiger partial charge in [0.2, 0.25) is 0 Å². The van der Waals surface area contributed by atoms with E-state index in [1.165, 1.54) is 11.3 Å². The number of urea groups is 1. The van der Waals surface area contributed by atoms with Gasteiger partial charge in [0.15, 0.2) is 0 Å². The lowest BCUT2D eigenvalue weighted by atomic mass is 10.1. The standard InChI is InChI=1S/C29H29N5O3S/c1-17-15-21(37-20-7-5-4-6-8-20)11-12-22(17)34-23-13-14-30-28-24(23)25(32-29(34)36)26(38-28)27(35)31-18-9-10-19(16-18)33(2)3/h4-8,11-15,18-19H,9-10,16H2,1-3H3,(H,31,35)(H,32,36)/t18-,19?/m0/s1. The highest BCUT2D eigenvalue weighted by Crippen LogP contribution is 2.46. The number of carbonyl (C=O) groups excluding carboxylic acids is 2. The van der Waals surface area contributed by atoms with Crippen LogP contribution in [0.4, 0.5) is 21.9 Å². The first kappa shape index (κ1) is 24.4. The van der Waals surface area contributed by atoms with Crippen molar-refractivity contribution >= 4 is 50.6 Å². The smallest absolute Gasteiger partial charge is 0.331 e. The summed E-state index contributed by atoms with van der Waals surface area (Å²) in [6, 6.07) is 17.3. The van der Waals surface area contributed by atoms with E-state index in [1.807, 2.05) is 61.5 Å². The molecule has 4 aromatic rings. The van der Waals surface area contributed by atoms with Crippen molar-refractivity contribution in [1.29, 1.82) is 0 Å². The molecular formula is C29H29N5O3S. The number of nitrogens with one attached hydrogen (secondary N) is 2. The van der Waals surface area contributed by atoms with Crippen LogP contribution in [0.5, 0.6) is 11.5 Å². The molecule has 0 radical (unpaired) electrons. The zero-order chi connectivity index (χ0) is 26.4. The number of aromatic nitrogens is 1. The number of aryl methyl sites for hydroxylation is 1. The fraction of sp³-hybridized carbons (Fsp3) is 0.276. The number of thiophene rings is 1. The molecule has 1 aliphatic carbocycles. The SMILES string of the molecule is Cc1cc(Oc2ccccc2)ccc1N1C(=O)Nc2c(C(=O)N[C@H]3CCC(N(C)C)C3)sc3nccc1c23. The molecule has 9 heteroatoms. The maximum Gasteiger partial charge on any atom is 0.331 e. The molecule has 1 unspecified atom stereocenters. The highest BCUT2D eigenvalue weighted by atomic mass is 32.1. The number of benzene rings is 2. The summed E-state index contributed by atoms with van der Waals surface area (Å²) < 4.78 is 5.97. The molecule has 0 spiro atoms. The molecule has 1 aliphatic heterocycles. The topological polar surface area (TPSA) is 86.8 Å². The van der Waals surface area contributed by atoms with E-state index in [1.54, 1.807) is 11.1 Å². The van der Waals surface area contributed by atoms with Gasteiger partial charge in [-0.3, -0.25) is 9.69 Å². The fourth-order valence-corrected chi connectivity index (χ4v) is 6.38. The molecule has 0 saturated heterocycles. The van der Waals surface area contributed by atoms with E-state index in [0.29, 0.717) is 32.9 Å². The van der Waals surface area contributed by atoms with Crippen LogP contribution < -0.4 is 20.3 Å². The van der Waals surface area contributed by atoms with Crippen LogP contribution in [0.1, 0.15) is 34.5 Å².